The summed E-state index contributed by atoms with van der Waals surface area (Å²) in [5.74, 6) is 1.04. The highest BCUT2D eigenvalue weighted by Crippen LogP contribution is 2.13. The minimum atomic E-state index is -0.291. The topological polar surface area (TPSA) is 33.5 Å². The molecule has 1 amide bonds. The molecule has 1 aliphatic rings. The van der Waals surface area contributed by atoms with Gasteiger partial charge in [-0.15, -0.1) is 0 Å². The van der Waals surface area contributed by atoms with Gasteiger partial charge < -0.3 is 10.2 Å². The predicted molar refractivity (Wildman–Crippen MR) is 78.1 cm³/mol. The molecule has 0 unspecified atom stereocenters. The maximum Gasteiger partial charge on any atom is 0.282 e. The Kier molecular flexibility index (Phi) is 4.76. The van der Waals surface area contributed by atoms with Crippen molar-refractivity contribution < 1.29 is 14.1 Å². The molecule has 20 heavy (non-hydrogen) atoms. The lowest BCUT2D eigenvalue weighted by Gasteiger charge is -2.35. The molecule has 0 saturated carbocycles. The fraction of sp³-hybridized carbons (Fsp3) is 0.562. The predicted octanol–water partition coefficient (Wildman–Crippen LogP) is 1.71. The van der Waals surface area contributed by atoms with Gasteiger partial charge in [0, 0.05) is 17.5 Å². The summed E-state index contributed by atoms with van der Waals surface area (Å²) in [7, 11) is 0. The van der Waals surface area contributed by atoms with E-state index in [-0.39, 0.29) is 17.8 Å². The van der Waals surface area contributed by atoms with Crippen molar-refractivity contribution in [2.24, 2.45) is 11.8 Å². The van der Waals surface area contributed by atoms with Gasteiger partial charge in [0.15, 0.2) is 6.04 Å². The summed E-state index contributed by atoms with van der Waals surface area (Å²) < 4.78 is 12.8. The number of nitrogens with one attached hydrogen (secondary N) is 2. The summed E-state index contributed by atoms with van der Waals surface area (Å²) >= 11 is 0. The lowest BCUT2D eigenvalue weighted by molar-refractivity contribution is -0.925. The van der Waals surface area contributed by atoms with Gasteiger partial charge in [-0.3, -0.25) is 4.79 Å². The largest absolute Gasteiger partial charge is 0.324 e. The Balaban J connectivity index is 1.96. The second-order valence-electron chi connectivity index (χ2n) is 6.23. The van der Waals surface area contributed by atoms with E-state index in [2.05, 4.69) is 19.2 Å². The van der Waals surface area contributed by atoms with E-state index in [1.54, 1.807) is 12.1 Å². The van der Waals surface area contributed by atoms with E-state index in [9.17, 15) is 9.18 Å². The van der Waals surface area contributed by atoms with E-state index in [0.29, 0.717) is 17.5 Å². The number of quaternary nitrogens is 1. The Hall–Kier alpha value is -1.42. The molecule has 2 rings (SSSR count). The molecular weight excluding hydrogens is 255 g/mol. The number of piperidine rings is 1. The standard InChI is InChI=1S/C16H23FN2O/c1-11-8-12(2)10-19(9-11)13(3)16(20)18-15-6-4-14(17)5-7-15/h4-7,11-13H,8-10H2,1-3H3,(H,18,20)/p+1/t11-,12-,13-/m0/s1. The first-order chi connectivity index (χ1) is 9.45. The van der Waals surface area contributed by atoms with Crippen molar-refractivity contribution in [3.63, 3.8) is 0 Å². The summed E-state index contributed by atoms with van der Waals surface area (Å²) in [6.07, 6.45) is 1.25. The molecule has 2 N–H and O–H groups in total. The SMILES string of the molecule is C[C@H]1C[C@H](C)C[NH+]([C@@H](C)C(=O)Nc2ccc(F)cc2)C1. The molecule has 3 nitrogen and oxygen atoms in total. The molecule has 1 aromatic carbocycles. The second kappa shape index (κ2) is 6.35. The van der Waals surface area contributed by atoms with Crippen molar-refractivity contribution in [1.29, 1.82) is 0 Å². The molecule has 1 heterocycles. The quantitative estimate of drug-likeness (QED) is 0.868. The van der Waals surface area contributed by atoms with Gasteiger partial charge in [0.05, 0.1) is 13.1 Å². The van der Waals surface area contributed by atoms with E-state index in [4.69, 9.17) is 0 Å². The van der Waals surface area contributed by atoms with Crippen molar-refractivity contribution in [1.82, 2.24) is 0 Å². The van der Waals surface area contributed by atoms with Gasteiger partial charge in [0.1, 0.15) is 5.82 Å². The third-order valence-electron chi connectivity index (χ3n) is 4.14. The fourth-order valence-electron chi connectivity index (χ4n) is 3.15. The molecule has 0 aromatic heterocycles. The molecule has 3 atom stereocenters. The Bertz CT molecular complexity index is 450. The van der Waals surface area contributed by atoms with Crippen molar-refractivity contribution in [2.75, 3.05) is 18.4 Å². The first-order valence-electron chi connectivity index (χ1n) is 7.36. The van der Waals surface area contributed by atoms with Crippen LogP contribution in [0.15, 0.2) is 24.3 Å². The van der Waals surface area contributed by atoms with Crippen molar-refractivity contribution in [3.05, 3.63) is 30.1 Å². The molecule has 1 aromatic rings. The van der Waals surface area contributed by atoms with E-state index in [0.717, 1.165) is 13.1 Å². The Morgan fingerprint density at radius 3 is 2.35 bits per heavy atom. The van der Waals surface area contributed by atoms with Crippen molar-refractivity contribution >= 4 is 11.6 Å². The van der Waals surface area contributed by atoms with Gasteiger partial charge in [-0.05, 0) is 37.6 Å². The number of hydrogen-bond acceptors (Lipinski definition) is 1. The van der Waals surface area contributed by atoms with Crippen LogP contribution in [0.3, 0.4) is 0 Å². The molecular formula is C16H24FN2O+. The highest BCUT2D eigenvalue weighted by Gasteiger charge is 2.32. The highest BCUT2D eigenvalue weighted by molar-refractivity contribution is 5.93. The van der Waals surface area contributed by atoms with Gasteiger partial charge in [-0.25, -0.2) is 4.39 Å². The molecule has 0 aliphatic carbocycles. The molecule has 0 spiro atoms. The third-order valence-corrected chi connectivity index (χ3v) is 4.14. The van der Waals surface area contributed by atoms with Crippen LogP contribution in [0.2, 0.25) is 0 Å². The van der Waals surface area contributed by atoms with Crippen LogP contribution in [0.4, 0.5) is 10.1 Å². The van der Waals surface area contributed by atoms with Gasteiger partial charge in [-0.1, -0.05) is 13.8 Å². The highest BCUT2D eigenvalue weighted by atomic mass is 19.1. The Morgan fingerprint density at radius 2 is 1.80 bits per heavy atom. The minimum absolute atomic E-state index is 0.00732. The smallest absolute Gasteiger partial charge is 0.282 e. The number of amides is 1. The molecule has 0 bridgehead atoms. The number of carbonyl (C=O) groups is 1. The third kappa shape index (κ3) is 3.79. The zero-order chi connectivity index (χ0) is 14.7. The van der Waals surface area contributed by atoms with Crippen LogP contribution in [0, 0.1) is 17.7 Å². The minimum Gasteiger partial charge on any atom is -0.324 e. The van der Waals surface area contributed by atoms with Crippen LogP contribution in [0.25, 0.3) is 0 Å². The van der Waals surface area contributed by atoms with E-state index in [1.165, 1.54) is 23.5 Å². The van der Waals surface area contributed by atoms with Gasteiger partial charge in [0.25, 0.3) is 5.91 Å². The molecule has 0 radical (unpaired) electrons. The monoisotopic (exact) mass is 279 g/mol. The van der Waals surface area contributed by atoms with Crippen LogP contribution in [-0.2, 0) is 4.79 Å². The summed E-state index contributed by atoms with van der Waals surface area (Å²) in [5.41, 5.74) is 0.653. The van der Waals surface area contributed by atoms with Crippen LogP contribution in [0.5, 0.6) is 0 Å². The second-order valence-corrected chi connectivity index (χ2v) is 6.23. The number of carbonyl (C=O) groups excluding carboxylic acids is 1. The summed E-state index contributed by atoms with van der Waals surface area (Å²) in [6.45, 7) is 8.56. The van der Waals surface area contributed by atoms with Crippen LogP contribution < -0.4 is 10.2 Å². The first kappa shape index (κ1) is 15.0. The normalized spacial score (nSPS) is 27.9. The number of anilines is 1. The average Bonchev–Trinajstić information content (AvgIpc) is 2.39. The zero-order valence-corrected chi connectivity index (χ0v) is 12.4. The number of benzene rings is 1. The number of hydrogen-bond donors (Lipinski definition) is 2. The lowest BCUT2D eigenvalue weighted by Crippen LogP contribution is -3.18. The van der Waals surface area contributed by atoms with Crippen LogP contribution in [0.1, 0.15) is 27.2 Å². The summed E-state index contributed by atoms with van der Waals surface area (Å²) in [4.78, 5) is 13.6. The maximum absolute atomic E-state index is 12.8. The summed E-state index contributed by atoms with van der Waals surface area (Å²) in [6, 6.07) is 5.83. The Labute approximate surface area is 120 Å². The summed E-state index contributed by atoms with van der Waals surface area (Å²) in [5, 5.41) is 2.87. The lowest BCUT2D eigenvalue weighted by atomic mass is 9.91. The fourth-order valence-corrected chi connectivity index (χ4v) is 3.15. The molecule has 4 heteroatoms. The van der Waals surface area contributed by atoms with Gasteiger partial charge >= 0.3 is 0 Å². The zero-order valence-electron chi connectivity index (χ0n) is 12.4. The van der Waals surface area contributed by atoms with Gasteiger partial charge in [-0.2, -0.15) is 0 Å². The number of halogens is 1. The van der Waals surface area contributed by atoms with Crippen LogP contribution >= 0.6 is 0 Å². The molecule has 110 valence electrons. The number of likely N-dealkylation sites (tertiary alicyclic amines) is 1. The maximum atomic E-state index is 12.8. The Morgan fingerprint density at radius 1 is 1.25 bits per heavy atom. The molecule has 1 fully saturated rings. The first-order valence-corrected chi connectivity index (χ1v) is 7.36. The number of rotatable bonds is 3. The molecule has 1 aliphatic heterocycles. The van der Waals surface area contributed by atoms with Crippen molar-refractivity contribution in [3.8, 4) is 0 Å². The van der Waals surface area contributed by atoms with E-state index >= 15 is 0 Å². The van der Waals surface area contributed by atoms with Crippen LogP contribution in [-0.4, -0.2) is 25.0 Å². The van der Waals surface area contributed by atoms with E-state index in [1.807, 2.05) is 6.92 Å². The van der Waals surface area contributed by atoms with Crippen molar-refractivity contribution in [2.45, 2.75) is 33.2 Å². The molecule has 1 saturated heterocycles. The van der Waals surface area contributed by atoms with Gasteiger partial charge in [0.2, 0.25) is 0 Å². The van der Waals surface area contributed by atoms with E-state index < -0.39 is 0 Å². The average molecular weight is 279 g/mol.